The molecule has 0 bridgehead atoms. The van der Waals surface area contributed by atoms with E-state index in [0.29, 0.717) is 11.9 Å². The summed E-state index contributed by atoms with van der Waals surface area (Å²) in [4.78, 5) is 9.63. The molecular weight excluding hydrogens is 338 g/mol. The van der Waals surface area contributed by atoms with Gasteiger partial charge in [-0.05, 0) is 45.0 Å². The number of nitrogens with zero attached hydrogens (tertiary/aromatic N) is 3. The number of aryl methyl sites for hydroxylation is 1. The van der Waals surface area contributed by atoms with Gasteiger partial charge >= 0.3 is 0 Å². The second-order valence-electron chi connectivity index (χ2n) is 7.52. The van der Waals surface area contributed by atoms with Crippen LogP contribution in [-0.4, -0.2) is 55.1 Å². The summed E-state index contributed by atoms with van der Waals surface area (Å²) in [7, 11) is 6.01. The van der Waals surface area contributed by atoms with Crippen LogP contribution in [0.3, 0.4) is 0 Å². The van der Waals surface area contributed by atoms with Crippen LogP contribution in [-0.2, 0) is 6.54 Å². The number of hydrogen-bond acceptors (Lipinski definition) is 5. The van der Waals surface area contributed by atoms with Crippen molar-refractivity contribution in [1.82, 2.24) is 14.8 Å². The van der Waals surface area contributed by atoms with Crippen molar-refractivity contribution in [2.75, 3.05) is 34.3 Å². The molecule has 0 saturated carbocycles. The molecule has 27 heavy (non-hydrogen) atoms. The molecule has 2 heterocycles. The Kier molecular flexibility index (Phi) is 4.89. The largest absolute Gasteiger partial charge is 0.496 e. The maximum Gasteiger partial charge on any atom is 0.227 e. The van der Waals surface area contributed by atoms with Gasteiger partial charge in [0.2, 0.25) is 5.89 Å². The first kappa shape index (κ1) is 18.0. The normalized spacial score (nSPS) is 17.9. The van der Waals surface area contributed by atoms with E-state index in [1.54, 1.807) is 7.11 Å². The molecule has 1 aromatic heterocycles. The van der Waals surface area contributed by atoms with Crippen molar-refractivity contribution in [3.05, 3.63) is 47.9 Å². The van der Waals surface area contributed by atoms with Crippen molar-refractivity contribution in [3.63, 3.8) is 0 Å². The SMILES string of the molecule is COc1ccc(-c2nc(CN3CC[C@H](N(C)C)C3)c(C)o2)c2ccccc12. The van der Waals surface area contributed by atoms with E-state index in [4.69, 9.17) is 14.1 Å². The highest BCUT2D eigenvalue weighted by molar-refractivity contribution is 5.98. The first-order valence-electron chi connectivity index (χ1n) is 9.48. The molecule has 3 aromatic rings. The number of benzene rings is 2. The summed E-state index contributed by atoms with van der Waals surface area (Å²) in [6.45, 7) is 5.04. The standard InChI is InChI=1S/C22H27N3O2/c1-15-20(14-25-12-11-16(13-25)24(2)3)23-22(27-15)19-9-10-21(26-4)18-8-6-5-7-17(18)19/h5-10,16H,11-14H2,1-4H3/t16-/m0/s1. The van der Waals surface area contributed by atoms with Crippen LogP contribution < -0.4 is 4.74 Å². The molecule has 4 rings (SSSR count). The molecule has 0 unspecified atom stereocenters. The maximum absolute atomic E-state index is 6.08. The van der Waals surface area contributed by atoms with E-state index in [-0.39, 0.29) is 0 Å². The van der Waals surface area contributed by atoms with E-state index >= 15 is 0 Å². The molecule has 0 radical (unpaired) electrons. The molecule has 142 valence electrons. The van der Waals surface area contributed by atoms with Crippen molar-refractivity contribution in [2.45, 2.75) is 25.9 Å². The highest BCUT2D eigenvalue weighted by Gasteiger charge is 2.25. The Bertz CT molecular complexity index is 948. The fourth-order valence-corrected chi connectivity index (χ4v) is 3.91. The van der Waals surface area contributed by atoms with Crippen molar-refractivity contribution < 1.29 is 9.15 Å². The number of methoxy groups -OCH3 is 1. The van der Waals surface area contributed by atoms with Crippen LogP contribution in [0.5, 0.6) is 5.75 Å². The van der Waals surface area contributed by atoms with Gasteiger partial charge in [0.25, 0.3) is 0 Å². The number of oxazole rings is 1. The minimum atomic E-state index is 0.627. The third-order valence-corrected chi connectivity index (χ3v) is 5.58. The molecule has 0 N–H and O–H groups in total. The minimum Gasteiger partial charge on any atom is -0.496 e. The smallest absolute Gasteiger partial charge is 0.227 e. The van der Waals surface area contributed by atoms with Crippen LogP contribution in [0.2, 0.25) is 0 Å². The van der Waals surface area contributed by atoms with E-state index in [1.165, 1.54) is 6.42 Å². The Morgan fingerprint density at radius 1 is 1.19 bits per heavy atom. The molecule has 5 heteroatoms. The molecule has 1 aliphatic rings. The number of ether oxygens (including phenoxy) is 1. The second-order valence-corrected chi connectivity index (χ2v) is 7.52. The van der Waals surface area contributed by atoms with Gasteiger partial charge in [0.1, 0.15) is 11.5 Å². The second kappa shape index (κ2) is 7.33. The molecule has 2 aromatic carbocycles. The first-order chi connectivity index (χ1) is 13.1. The van der Waals surface area contributed by atoms with Gasteiger partial charge in [0, 0.05) is 36.6 Å². The Balaban J connectivity index is 1.63. The van der Waals surface area contributed by atoms with Gasteiger partial charge in [0.15, 0.2) is 0 Å². The van der Waals surface area contributed by atoms with Crippen LogP contribution >= 0.6 is 0 Å². The number of hydrogen-bond donors (Lipinski definition) is 0. The summed E-state index contributed by atoms with van der Waals surface area (Å²) in [6.07, 6.45) is 1.21. The lowest BCUT2D eigenvalue weighted by Crippen LogP contribution is -2.31. The molecule has 1 saturated heterocycles. The number of rotatable bonds is 5. The van der Waals surface area contributed by atoms with Crippen LogP contribution in [0.15, 0.2) is 40.8 Å². The average Bonchev–Trinajstić information content (AvgIpc) is 3.28. The van der Waals surface area contributed by atoms with E-state index in [2.05, 4.69) is 36.0 Å². The summed E-state index contributed by atoms with van der Waals surface area (Å²) >= 11 is 0. The van der Waals surface area contributed by atoms with Crippen molar-refractivity contribution >= 4 is 10.8 Å². The summed E-state index contributed by atoms with van der Waals surface area (Å²) in [5, 5.41) is 2.17. The Labute approximate surface area is 160 Å². The molecule has 0 spiro atoms. The van der Waals surface area contributed by atoms with E-state index in [1.807, 2.05) is 31.2 Å². The lowest BCUT2D eigenvalue weighted by atomic mass is 10.0. The molecule has 1 fully saturated rings. The van der Waals surface area contributed by atoms with Crippen molar-refractivity contribution in [1.29, 1.82) is 0 Å². The zero-order valence-corrected chi connectivity index (χ0v) is 16.5. The summed E-state index contributed by atoms with van der Waals surface area (Å²) in [5.41, 5.74) is 2.04. The Morgan fingerprint density at radius 3 is 2.67 bits per heavy atom. The molecule has 1 atom stereocenters. The highest BCUT2D eigenvalue weighted by Crippen LogP contribution is 2.34. The summed E-state index contributed by atoms with van der Waals surface area (Å²) < 4.78 is 11.6. The van der Waals surface area contributed by atoms with Gasteiger partial charge < -0.3 is 14.1 Å². The molecule has 0 aliphatic carbocycles. The predicted molar refractivity (Wildman–Crippen MR) is 108 cm³/mol. The van der Waals surface area contributed by atoms with Gasteiger partial charge in [-0.15, -0.1) is 0 Å². The van der Waals surface area contributed by atoms with Crippen LogP contribution in [0, 0.1) is 6.92 Å². The quantitative estimate of drug-likeness (QED) is 0.685. The van der Waals surface area contributed by atoms with E-state index in [9.17, 15) is 0 Å². The van der Waals surface area contributed by atoms with Crippen LogP contribution in [0.1, 0.15) is 17.9 Å². The summed E-state index contributed by atoms with van der Waals surface area (Å²) in [5.74, 6) is 2.45. The highest BCUT2D eigenvalue weighted by atomic mass is 16.5. The first-order valence-corrected chi connectivity index (χ1v) is 9.48. The number of likely N-dealkylation sites (N-methyl/N-ethyl adjacent to an activating group) is 1. The fraction of sp³-hybridized carbons (Fsp3) is 0.409. The fourth-order valence-electron chi connectivity index (χ4n) is 3.91. The zero-order chi connectivity index (χ0) is 19.0. The topological polar surface area (TPSA) is 41.7 Å². The monoisotopic (exact) mass is 365 g/mol. The maximum atomic E-state index is 6.08. The van der Waals surface area contributed by atoms with Gasteiger partial charge in [-0.25, -0.2) is 4.98 Å². The number of aromatic nitrogens is 1. The van der Waals surface area contributed by atoms with Crippen molar-refractivity contribution in [3.8, 4) is 17.2 Å². The average molecular weight is 365 g/mol. The van der Waals surface area contributed by atoms with Crippen molar-refractivity contribution in [2.24, 2.45) is 0 Å². The molecular formula is C22H27N3O2. The van der Waals surface area contributed by atoms with Crippen LogP contribution in [0.4, 0.5) is 0 Å². The molecule has 1 aliphatic heterocycles. The van der Waals surface area contributed by atoms with E-state index < -0.39 is 0 Å². The lowest BCUT2D eigenvalue weighted by Gasteiger charge is -2.19. The van der Waals surface area contributed by atoms with Gasteiger partial charge in [-0.2, -0.15) is 0 Å². The molecule has 5 nitrogen and oxygen atoms in total. The lowest BCUT2D eigenvalue weighted by molar-refractivity contribution is 0.262. The van der Waals surface area contributed by atoms with Crippen LogP contribution in [0.25, 0.3) is 22.2 Å². The third kappa shape index (κ3) is 3.45. The summed E-state index contributed by atoms with van der Waals surface area (Å²) in [6, 6.07) is 12.9. The van der Waals surface area contributed by atoms with Gasteiger partial charge in [-0.1, -0.05) is 24.3 Å². The Morgan fingerprint density at radius 2 is 1.96 bits per heavy atom. The zero-order valence-electron chi connectivity index (χ0n) is 16.5. The Hall–Kier alpha value is -2.37. The van der Waals surface area contributed by atoms with Gasteiger partial charge in [0.05, 0.1) is 12.8 Å². The number of fused-ring (bicyclic) bond motifs is 1. The minimum absolute atomic E-state index is 0.627. The molecule has 0 amide bonds. The predicted octanol–water partition coefficient (Wildman–Crippen LogP) is 3.95. The number of likely N-dealkylation sites (tertiary alicyclic amines) is 1. The third-order valence-electron chi connectivity index (χ3n) is 5.58. The van der Waals surface area contributed by atoms with Gasteiger partial charge in [-0.3, -0.25) is 4.90 Å². The van der Waals surface area contributed by atoms with E-state index in [0.717, 1.165) is 53.2 Å².